The fourth-order valence-corrected chi connectivity index (χ4v) is 3.52. The third kappa shape index (κ3) is 4.00. The van der Waals surface area contributed by atoms with E-state index in [2.05, 4.69) is 58.1 Å². The number of ether oxygens (including phenoxy) is 1. The summed E-state index contributed by atoms with van der Waals surface area (Å²) in [4.78, 5) is 0. The predicted molar refractivity (Wildman–Crippen MR) is 90.2 cm³/mol. The predicted octanol–water partition coefficient (Wildman–Crippen LogP) is 4.66. The summed E-state index contributed by atoms with van der Waals surface area (Å²) in [7, 11) is 2.05. The first-order chi connectivity index (χ1) is 9.82. The van der Waals surface area contributed by atoms with Gasteiger partial charge in [-0.05, 0) is 67.8 Å². The first kappa shape index (κ1) is 16.4. The van der Waals surface area contributed by atoms with Gasteiger partial charge in [-0.2, -0.15) is 0 Å². The molecule has 0 aromatic heterocycles. The Balaban J connectivity index is 2.13. The van der Waals surface area contributed by atoms with Gasteiger partial charge < -0.3 is 10.1 Å². The van der Waals surface area contributed by atoms with Crippen molar-refractivity contribution in [3.63, 3.8) is 0 Å². The van der Waals surface area contributed by atoms with Gasteiger partial charge in [-0.1, -0.05) is 33.8 Å². The van der Waals surface area contributed by atoms with E-state index in [4.69, 9.17) is 4.74 Å². The van der Waals surface area contributed by atoms with Gasteiger partial charge in [0.1, 0.15) is 11.9 Å². The van der Waals surface area contributed by atoms with Gasteiger partial charge in [0.25, 0.3) is 0 Å². The first-order valence-corrected chi connectivity index (χ1v) is 8.27. The van der Waals surface area contributed by atoms with Crippen LogP contribution in [0.4, 0.5) is 0 Å². The molecule has 0 bridgehead atoms. The Morgan fingerprint density at radius 3 is 2.57 bits per heavy atom. The average molecular weight is 289 g/mol. The maximum absolute atomic E-state index is 6.35. The van der Waals surface area contributed by atoms with Crippen molar-refractivity contribution in [2.45, 2.75) is 71.9 Å². The molecule has 1 N–H and O–H groups in total. The molecule has 1 aromatic carbocycles. The van der Waals surface area contributed by atoms with Crippen LogP contribution in [0.2, 0.25) is 0 Å². The fraction of sp³-hybridized carbons (Fsp3) is 0.684. The summed E-state index contributed by atoms with van der Waals surface area (Å²) >= 11 is 0. The lowest BCUT2D eigenvalue weighted by atomic mass is 9.74. The highest BCUT2D eigenvalue weighted by atomic mass is 16.5. The van der Waals surface area contributed by atoms with Gasteiger partial charge in [-0.25, -0.2) is 0 Å². The molecule has 1 aliphatic carbocycles. The lowest BCUT2D eigenvalue weighted by molar-refractivity contribution is 0.0558. The van der Waals surface area contributed by atoms with Crippen LogP contribution in [0.5, 0.6) is 5.75 Å². The average Bonchev–Trinajstić information content (AvgIpc) is 2.37. The van der Waals surface area contributed by atoms with E-state index in [-0.39, 0.29) is 6.10 Å². The van der Waals surface area contributed by atoms with Crippen LogP contribution in [0.25, 0.3) is 0 Å². The molecule has 2 heteroatoms. The van der Waals surface area contributed by atoms with Crippen molar-refractivity contribution in [1.82, 2.24) is 5.32 Å². The van der Waals surface area contributed by atoms with E-state index in [0.717, 1.165) is 12.2 Å². The summed E-state index contributed by atoms with van der Waals surface area (Å²) in [5, 5.41) is 3.43. The van der Waals surface area contributed by atoms with Crippen molar-refractivity contribution in [3.05, 3.63) is 29.3 Å². The monoisotopic (exact) mass is 289 g/mol. The molecule has 1 aromatic rings. The number of likely N-dealkylation sites (N-methyl/N-ethyl adjacent to an activating group) is 1. The molecule has 2 nitrogen and oxygen atoms in total. The van der Waals surface area contributed by atoms with Crippen LogP contribution in [0, 0.1) is 12.3 Å². The van der Waals surface area contributed by atoms with E-state index >= 15 is 0 Å². The van der Waals surface area contributed by atoms with Crippen molar-refractivity contribution < 1.29 is 4.74 Å². The molecule has 0 spiro atoms. The van der Waals surface area contributed by atoms with Gasteiger partial charge in [0.15, 0.2) is 0 Å². The summed E-state index contributed by atoms with van der Waals surface area (Å²) in [6, 6.07) is 7.01. The number of rotatable bonds is 4. The van der Waals surface area contributed by atoms with Crippen LogP contribution >= 0.6 is 0 Å². The lowest BCUT2D eigenvalue weighted by Gasteiger charge is -2.40. The fourth-order valence-electron chi connectivity index (χ4n) is 3.52. The van der Waals surface area contributed by atoms with E-state index in [1.54, 1.807) is 0 Å². The smallest absolute Gasteiger partial charge is 0.120 e. The van der Waals surface area contributed by atoms with Crippen molar-refractivity contribution >= 4 is 0 Å². The number of aryl methyl sites for hydroxylation is 1. The van der Waals surface area contributed by atoms with Crippen molar-refractivity contribution in [2.75, 3.05) is 7.05 Å². The molecular formula is C19H31NO. The molecule has 2 rings (SSSR count). The molecule has 0 heterocycles. The highest BCUT2D eigenvalue weighted by molar-refractivity contribution is 5.36. The van der Waals surface area contributed by atoms with Gasteiger partial charge in [0.05, 0.1) is 0 Å². The standard InChI is InChI=1S/C19H31NO/c1-13(2)16-8-7-15(11-14(16)3)21-18-12-19(4,5)10-9-17(18)20-6/h7-8,11,13,17-18,20H,9-10,12H2,1-6H3. The largest absolute Gasteiger partial charge is 0.489 e. The molecule has 1 aliphatic rings. The van der Waals surface area contributed by atoms with Crippen molar-refractivity contribution in [1.29, 1.82) is 0 Å². The van der Waals surface area contributed by atoms with Gasteiger partial charge in [0.2, 0.25) is 0 Å². The molecule has 2 atom stereocenters. The van der Waals surface area contributed by atoms with Gasteiger partial charge in [-0.15, -0.1) is 0 Å². The Labute approximate surface area is 130 Å². The van der Waals surface area contributed by atoms with Crippen LogP contribution in [-0.4, -0.2) is 19.2 Å². The zero-order chi connectivity index (χ0) is 15.6. The second-order valence-corrected chi connectivity index (χ2v) is 7.63. The van der Waals surface area contributed by atoms with Gasteiger partial charge in [-0.3, -0.25) is 0 Å². The number of nitrogens with one attached hydrogen (secondary N) is 1. The minimum Gasteiger partial charge on any atom is -0.489 e. The third-order valence-corrected chi connectivity index (χ3v) is 4.86. The quantitative estimate of drug-likeness (QED) is 0.870. The van der Waals surface area contributed by atoms with Crippen molar-refractivity contribution in [2.24, 2.45) is 5.41 Å². The molecule has 1 fully saturated rings. The van der Waals surface area contributed by atoms with Gasteiger partial charge >= 0.3 is 0 Å². The summed E-state index contributed by atoms with van der Waals surface area (Å²) in [5.41, 5.74) is 3.13. The number of hydrogen-bond donors (Lipinski definition) is 1. The number of benzene rings is 1. The summed E-state index contributed by atoms with van der Waals surface area (Å²) in [6.07, 6.45) is 3.84. The van der Waals surface area contributed by atoms with E-state index in [1.807, 2.05) is 7.05 Å². The van der Waals surface area contributed by atoms with E-state index in [0.29, 0.717) is 17.4 Å². The Morgan fingerprint density at radius 1 is 1.29 bits per heavy atom. The SMILES string of the molecule is CNC1CCC(C)(C)CC1Oc1ccc(C(C)C)c(C)c1. The molecule has 0 aliphatic heterocycles. The summed E-state index contributed by atoms with van der Waals surface area (Å²) in [5.74, 6) is 1.58. The van der Waals surface area contributed by atoms with E-state index < -0.39 is 0 Å². The minimum absolute atomic E-state index is 0.267. The summed E-state index contributed by atoms with van der Waals surface area (Å²) < 4.78 is 6.35. The maximum atomic E-state index is 6.35. The maximum Gasteiger partial charge on any atom is 0.120 e. The lowest BCUT2D eigenvalue weighted by Crippen LogP contribution is -2.47. The molecule has 1 saturated carbocycles. The second-order valence-electron chi connectivity index (χ2n) is 7.63. The number of hydrogen-bond acceptors (Lipinski definition) is 2. The van der Waals surface area contributed by atoms with Crippen LogP contribution in [-0.2, 0) is 0 Å². The van der Waals surface area contributed by atoms with Gasteiger partial charge in [0, 0.05) is 6.04 Å². The Kier molecular flexibility index (Phi) is 4.98. The Bertz CT molecular complexity index is 478. The minimum atomic E-state index is 0.267. The van der Waals surface area contributed by atoms with Crippen LogP contribution < -0.4 is 10.1 Å². The van der Waals surface area contributed by atoms with Crippen LogP contribution in [0.1, 0.15) is 64.0 Å². The molecule has 21 heavy (non-hydrogen) atoms. The second kappa shape index (κ2) is 6.39. The Morgan fingerprint density at radius 2 is 2.00 bits per heavy atom. The highest BCUT2D eigenvalue weighted by Crippen LogP contribution is 2.37. The zero-order valence-corrected chi connectivity index (χ0v) is 14.5. The highest BCUT2D eigenvalue weighted by Gasteiger charge is 2.35. The summed E-state index contributed by atoms with van der Waals surface area (Å²) in [6.45, 7) is 11.4. The third-order valence-electron chi connectivity index (χ3n) is 4.86. The van der Waals surface area contributed by atoms with E-state index in [1.165, 1.54) is 24.0 Å². The van der Waals surface area contributed by atoms with Crippen LogP contribution in [0.3, 0.4) is 0 Å². The Hall–Kier alpha value is -1.02. The zero-order valence-electron chi connectivity index (χ0n) is 14.5. The topological polar surface area (TPSA) is 21.3 Å². The van der Waals surface area contributed by atoms with E-state index in [9.17, 15) is 0 Å². The molecule has 0 amide bonds. The molecular weight excluding hydrogens is 258 g/mol. The molecule has 0 saturated heterocycles. The molecule has 2 unspecified atom stereocenters. The van der Waals surface area contributed by atoms with Crippen LogP contribution in [0.15, 0.2) is 18.2 Å². The first-order valence-electron chi connectivity index (χ1n) is 8.27. The van der Waals surface area contributed by atoms with Crippen molar-refractivity contribution in [3.8, 4) is 5.75 Å². The molecule has 0 radical (unpaired) electrons. The normalized spacial score (nSPS) is 25.1. The molecule has 118 valence electrons.